The van der Waals surface area contributed by atoms with Crippen molar-refractivity contribution < 1.29 is 30.0 Å². The van der Waals surface area contributed by atoms with Gasteiger partial charge in [-0.2, -0.15) is 4.98 Å². The number of unbranched alkanes of at least 4 members (excludes halogenated alkanes) is 1. The molecule has 1 rings (SSSR count). The highest BCUT2D eigenvalue weighted by molar-refractivity contribution is 5.73. The number of carboxylic acids is 2. The third-order valence-corrected chi connectivity index (χ3v) is 4.09. The lowest BCUT2D eigenvalue weighted by Gasteiger charge is -2.10. The summed E-state index contributed by atoms with van der Waals surface area (Å²) in [6.45, 7) is 0.419. The Morgan fingerprint density at radius 3 is 2.14 bits per heavy atom. The molecule has 1 aromatic heterocycles. The minimum absolute atomic E-state index is 0.304. The second-order valence-corrected chi connectivity index (χ2v) is 6.43. The Morgan fingerprint density at radius 2 is 1.57 bits per heavy atom. The number of nitrogens with one attached hydrogen (secondary N) is 3. The maximum absolute atomic E-state index is 10.7. The first-order valence-corrected chi connectivity index (χ1v) is 9.09. The molecule has 0 fully saturated rings. The van der Waals surface area contributed by atoms with Gasteiger partial charge in [-0.15, -0.1) is 0 Å². The molecule has 160 valence electrons. The largest absolute Gasteiger partial charge is 0.480 e. The van der Waals surface area contributed by atoms with E-state index < -0.39 is 36.7 Å². The summed E-state index contributed by atoms with van der Waals surface area (Å²) in [6, 6.07) is -1.81. The van der Waals surface area contributed by atoms with E-state index in [0.29, 0.717) is 62.7 Å². The van der Waals surface area contributed by atoms with Crippen LogP contribution in [0.4, 0.5) is 11.8 Å². The van der Waals surface area contributed by atoms with Crippen LogP contribution in [0, 0.1) is 0 Å². The Labute approximate surface area is 162 Å². The molecule has 0 aliphatic carbocycles. The van der Waals surface area contributed by atoms with Crippen molar-refractivity contribution in [3.05, 3.63) is 5.69 Å². The van der Waals surface area contributed by atoms with Crippen molar-refractivity contribution in [3.63, 3.8) is 0 Å². The van der Waals surface area contributed by atoms with E-state index >= 15 is 0 Å². The quantitative estimate of drug-likeness (QED) is 0.162. The predicted molar refractivity (Wildman–Crippen MR) is 102 cm³/mol. The van der Waals surface area contributed by atoms with Gasteiger partial charge in [0.2, 0.25) is 5.95 Å². The second-order valence-electron chi connectivity index (χ2n) is 6.43. The van der Waals surface area contributed by atoms with E-state index in [1.165, 1.54) is 0 Å². The highest BCUT2D eigenvalue weighted by atomic mass is 16.4. The van der Waals surface area contributed by atoms with E-state index in [1.807, 2.05) is 0 Å². The number of H-pyrrole nitrogens is 1. The third kappa shape index (κ3) is 8.08. The van der Waals surface area contributed by atoms with Crippen LogP contribution in [0.1, 0.15) is 43.9 Å². The van der Waals surface area contributed by atoms with Gasteiger partial charge in [0.15, 0.2) is 5.82 Å². The molecule has 12 nitrogen and oxygen atoms in total. The molecule has 1 heterocycles. The number of aliphatic hydroxyl groups is 2. The zero-order valence-electron chi connectivity index (χ0n) is 15.6. The van der Waals surface area contributed by atoms with Gasteiger partial charge in [0.05, 0.1) is 12.3 Å². The number of aromatic nitrogens is 2. The summed E-state index contributed by atoms with van der Waals surface area (Å²) < 4.78 is 0. The monoisotopic (exact) mass is 402 g/mol. The van der Waals surface area contributed by atoms with Crippen molar-refractivity contribution >= 4 is 23.7 Å². The van der Waals surface area contributed by atoms with Crippen LogP contribution in [-0.4, -0.2) is 74.1 Å². The average molecular weight is 402 g/mol. The fourth-order valence-corrected chi connectivity index (χ4v) is 2.41. The molecule has 0 aliphatic heterocycles. The van der Waals surface area contributed by atoms with Crippen molar-refractivity contribution in [2.24, 2.45) is 11.5 Å². The van der Waals surface area contributed by atoms with Gasteiger partial charge in [0.1, 0.15) is 18.2 Å². The van der Waals surface area contributed by atoms with Crippen LogP contribution in [0.5, 0.6) is 0 Å². The van der Waals surface area contributed by atoms with E-state index in [4.69, 9.17) is 21.7 Å². The molecule has 0 aliphatic rings. The van der Waals surface area contributed by atoms with E-state index in [1.54, 1.807) is 0 Å². The summed E-state index contributed by atoms with van der Waals surface area (Å²) in [5.41, 5.74) is 11.2. The van der Waals surface area contributed by atoms with Crippen LogP contribution in [-0.2, 0) is 9.59 Å². The molecular weight excluding hydrogens is 372 g/mol. The van der Waals surface area contributed by atoms with Crippen molar-refractivity contribution in [2.75, 3.05) is 30.3 Å². The lowest BCUT2D eigenvalue weighted by molar-refractivity contribution is -0.139. The minimum atomic E-state index is -1.15. The molecule has 12 heteroatoms. The van der Waals surface area contributed by atoms with Crippen LogP contribution >= 0.6 is 0 Å². The van der Waals surface area contributed by atoms with E-state index in [0.717, 1.165) is 0 Å². The van der Waals surface area contributed by atoms with Crippen LogP contribution in [0.2, 0.25) is 0 Å². The van der Waals surface area contributed by atoms with Crippen LogP contribution in [0.3, 0.4) is 0 Å². The minimum Gasteiger partial charge on any atom is -0.480 e. The van der Waals surface area contributed by atoms with Gasteiger partial charge < -0.3 is 47.5 Å². The van der Waals surface area contributed by atoms with Crippen molar-refractivity contribution in [2.45, 2.75) is 50.3 Å². The summed E-state index contributed by atoms with van der Waals surface area (Å²) in [5, 5.41) is 42.6. The molecule has 3 atom stereocenters. The van der Waals surface area contributed by atoms with Gasteiger partial charge in [0.25, 0.3) is 0 Å². The highest BCUT2D eigenvalue weighted by Gasteiger charge is 2.17. The number of aromatic amines is 1. The molecule has 0 bridgehead atoms. The summed E-state index contributed by atoms with van der Waals surface area (Å²) >= 11 is 0. The zero-order chi connectivity index (χ0) is 21.1. The number of carboxylic acid groups (broad SMARTS) is 2. The molecule has 0 amide bonds. The third-order valence-electron chi connectivity index (χ3n) is 4.09. The lowest BCUT2D eigenvalue weighted by Crippen LogP contribution is -2.30. The van der Waals surface area contributed by atoms with Gasteiger partial charge in [0, 0.05) is 13.1 Å². The molecule has 0 spiro atoms. The Balaban J connectivity index is 2.50. The number of imidazole rings is 1. The van der Waals surface area contributed by atoms with E-state index in [-0.39, 0.29) is 0 Å². The molecule has 2 unspecified atom stereocenters. The summed E-state index contributed by atoms with van der Waals surface area (Å²) in [6.07, 6.45) is 1.29. The maximum atomic E-state index is 10.7. The topological polar surface area (TPSA) is 220 Å². The molecule has 1 aromatic rings. The first-order chi connectivity index (χ1) is 13.3. The Bertz CT molecular complexity index is 625. The fourth-order valence-electron chi connectivity index (χ4n) is 2.41. The first kappa shape index (κ1) is 23.6. The van der Waals surface area contributed by atoms with Crippen LogP contribution in [0.25, 0.3) is 0 Å². The molecule has 11 N–H and O–H groups in total. The molecular formula is C16H30N6O6. The molecule has 0 radical (unpaired) electrons. The SMILES string of the molecule is NC(CCCNc1nc(NCCCC[C@H](N)C(=O)O)c(C(O)CO)[nH]1)C(=O)O. The number of nitrogens with zero attached hydrogens (tertiary/aromatic N) is 1. The molecule has 0 saturated heterocycles. The standard InChI is InChI=1S/C16H30N6O6/c17-9(14(25)26)4-1-2-6-19-13-12(11(24)8-23)21-16(22-13)20-7-3-5-10(18)15(27)28/h9-11,19,23-24H,1-8,17-18H2,(H,25,26)(H,27,28)(H2,20,21,22)/t9-,10?,11?/m0/s1. The molecule has 0 aromatic carbocycles. The Morgan fingerprint density at radius 1 is 1.00 bits per heavy atom. The number of rotatable bonds is 15. The van der Waals surface area contributed by atoms with Gasteiger partial charge >= 0.3 is 11.9 Å². The van der Waals surface area contributed by atoms with E-state index in [2.05, 4.69) is 20.6 Å². The number of hydrogen-bond donors (Lipinski definition) is 9. The maximum Gasteiger partial charge on any atom is 0.320 e. The lowest BCUT2D eigenvalue weighted by atomic mass is 10.1. The first-order valence-electron chi connectivity index (χ1n) is 9.09. The van der Waals surface area contributed by atoms with Gasteiger partial charge in [-0.05, 0) is 32.1 Å². The Kier molecular flexibility index (Phi) is 10.2. The van der Waals surface area contributed by atoms with Crippen LogP contribution < -0.4 is 22.1 Å². The number of hydrogen-bond acceptors (Lipinski definition) is 9. The normalized spacial score (nSPS) is 14.3. The van der Waals surface area contributed by atoms with Gasteiger partial charge in [-0.3, -0.25) is 9.59 Å². The number of aliphatic hydroxyl groups excluding tert-OH is 2. The number of anilines is 2. The second kappa shape index (κ2) is 12.1. The smallest absolute Gasteiger partial charge is 0.320 e. The van der Waals surface area contributed by atoms with E-state index in [9.17, 15) is 19.8 Å². The molecule has 28 heavy (non-hydrogen) atoms. The number of nitrogens with two attached hydrogens (primary N) is 2. The zero-order valence-corrected chi connectivity index (χ0v) is 15.6. The molecule has 0 saturated carbocycles. The van der Waals surface area contributed by atoms with Crippen molar-refractivity contribution in [1.29, 1.82) is 0 Å². The predicted octanol–water partition coefficient (Wildman–Crippen LogP) is -0.966. The van der Waals surface area contributed by atoms with Crippen molar-refractivity contribution in [1.82, 2.24) is 9.97 Å². The summed E-state index contributed by atoms with van der Waals surface area (Å²) in [4.78, 5) is 28.5. The number of aliphatic carboxylic acids is 2. The highest BCUT2D eigenvalue weighted by Crippen LogP contribution is 2.22. The van der Waals surface area contributed by atoms with Crippen molar-refractivity contribution in [3.8, 4) is 0 Å². The average Bonchev–Trinajstić information content (AvgIpc) is 3.06. The summed E-state index contributed by atoms with van der Waals surface area (Å²) in [7, 11) is 0. The number of carbonyl (C=O) groups is 2. The summed E-state index contributed by atoms with van der Waals surface area (Å²) in [5.74, 6) is -1.36. The van der Waals surface area contributed by atoms with Gasteiger partial charge in [-0.1, -0.05) is 0 Å². The fraction of sp³-hybridized carbons (Fsp3) is 0.688. The Hall–Kier alpha value is -2.41. The van der Waals surface area contributed by atoms with Crippen LogP contribution in [0.15, 0.2) is 0 Å². The van der Waals surface area contributed by atoms with Gasteiger partial charge in [-0.25, -0.2) is 0 Å².